The van der Waals surface area contributed by atoms with E-state index in [1.165, 1.54) is 12.8 Å². The first-order valence-electron chi connectivity index (χ1n) is 7.25. The van der Waals surface area contributed by atoms with E-state index in [1.54, 1.807) is 12.1 Å². The SMILES string of the molecule is Cc1cc(CNC(=O)c2ccc(Br)o2)nc(N2CCCC2)n1. The first-order valence-corrected chi connectivity index (χ1v) is 8.04. The van der Waals surface area contributed by atoms with Crippen LogP contribution in [-0.4, -0.2) is 29.0 Å². The van der Waals surface area contributed by atoms with Gasteiger partial charge >= 0.3 is 0 Å². The first kappa shape index (κ1) is 15.0. The predicted molar refractivity (Wildman–Crippen MR) is 85.8 cm³/mol. The largest absolute Gasteiger partial charge is 0.444 e. The van der Waals surface area contributed by atoms with Crippen LogP contribution in [0.1, 0.15) is 34.8 Å². The van der Waals surface area contributed by atoms with E-state index in [0.29, 0.717) is 11.2 Å². The van der Waals surface area contributed by atoms with Crippen molar-refractivity contribution in [2.45, 2.75) is 26.3 Å². The van der Waals surface area contributed by atoms with Crippen LogP contribution in [0.3, 0.4) is 0 Å². The Morgan fingerprint density at radius 3 is 2.82 bits per heavy atom. The molecule has 0 radical (unpaired) electrons. The quantitative estimate of drug-likeness (QED) is 0.902. The molecule has 116 valence electrons. The Labute approximate surface area is 137 Å². The number of nitrogens with one attached hydrogen (secondary N) is 1. The maximum atomic E-state index is 12.0. The molecule has 0 saturated carbocycles. The van der Waals surface area contributed by atoms with Crippen molar-refractivity contribution in [2.24, 2.45) is 0 Å². The van der Waals surface area contributed by atoms with Crippen molar-refractivity contribution < 1.29 is 9.21 Å². The monoisotopic (exact) mass is 364 g/mol. The number of halogens is 1. The van der Waals surface area contributed by atoms with E-state index in [1.807, 2.05) is 13.0 Å². The lowest BCUT2D eigenvalue weighted by Gasteiger charge is -2.16. The third-order valence-corrected chi connectivity index (χ3v) is 3.94. The second-order valence-corrected chi connectivity index (χ2v) is 6.06. The highest BCUT2D eigenvalue weighted by molar-refractivity contribution is 9.10. The molecule has 22 heavy (non-hydrogen) atoms. The van der Waals surface area contributed by atoms with E-state index in [4.69, 9.17) is 4.42 Å². The van der Waals surface area contributed by atoms with Crippen LogP contribution in [-0.2, 0) is 6.54 Å². The normalized spacial score (nSPS) is 14.4. The van der Waals surface area contributed by atoms with Gasteiger partial charge < -0.3 is 14.6 Å². The molecule has 0 aliphatic carbocycles. The minimum Gasteiger partial charge on any atom is -0.444 e. The molecule has 1 saturated heterocycles. The summed E-state index contributed by atoms with van der Waals surface area (Å²) in [5, 5.41) is 2.81. The van der Waals surface area contributed by atoms with Gasteiger partial charge in [-0.3, -0.25) is 4.79 Å². The highest BCUT2D eigenvalue weighted by Gasteiger charge is 2.16. The number of furan rings is 1. The molecule has 1 aliphatic rings. The average Bonchev–Trinajstić information content (AvgIpc) is 3.15. The van der Waals surface area contributed by atoms with Crippen molar-refractivity contribution in [3.05, 3.63) is 40.0 Å². The Hall–Kier alpha value is -1.89. The van der Waals surface area contributed by atoms with Crippen molar-refractivity contribution in [3.63, 3.8) is 0 Å². The maximum absolute atomic E-state index is 12.0. The molecule has 7 heteroatoms. The van der Waals surface area contributed by atoms with Gasteiger partial charge in [-0.05, 0) is 53.9 Å². The van der Waals surface area contributed by atoms with E-state index in [-0.39, 0.29) is 11.7 Å². The molecule has 1 N–H and O–H groups in total. The molecule has 0 spiro atoms. The number of aryl methyl sites for hydroxylation is 1. The fraction of sp³-hybridized carbons (Fsp3) is 0.400. The average molecular weight is 365 g/mol. The van der Waals surface area contributed by atoms with Gasteiger partial charge in [0.25, 0.3) is 5.91 Å². The Morgan fingerprint density at radius 2 is 2.14 bits per heavy atom. The zero-order chi connectivity index (χ0) is 15.5. The van der Waals surface area contributed by atoms with E-state index in [0.717, 1.165) is 30.4 Å². The number of amides is 1. The molecule has 1 aliphatic heterocycles. The Bertz CT molecular complexity index is 680. The second kappa shape index (κ2) is 6.48. The summed E-state index contributed by atoms with van der Waals surface area (Å²) < 4.78 is 5.76. The number of rotatable bonds is 4. The molecule has 2 aromatic heterocycles. The van der Waals surface area contributed by atoms with Gasteiger partial charge in [-0.1, -0.05) is 0 Å². The molecule has 6 nitrogen and oxygen atoms in total. The standard InChI is InChI=1S/C15H17BrN4O2/c1-10-8-11(19-15(18-10)20-6-2-3-7-20)9-17-14(21)12-4-5-13(16)22-12/h4-5,8H,2-3,6-7,9H2,1H3,(H,17,21). The number of nitrogens with zero attached hydrogens (tertiary/aromatic N) is 3. The van der Waals surface area contributed by atoms with Crippen LogP contribution in [0, 0.1) is 6.92 Å². The molecule has 3 rings (SSSR count). The van der Waals surface area contributed by atoms with E-state index < -0.39 is 0 Å². The Kier molecular flexibility index (Phi) is 4.42. The molecule has 0 unspecified atom stereocenters. The first-order chi connectivity index (χ1) is 10.6. The van der Waals surface area contributed by atoms with Crippen molar-refractivity contribution in [1.29, 1.82) is 0 Å². The third kappa shape index (κ3) is 3.47. The van der Waals surface area contributed by atoms with Crippen LogP contribution in [0.4, 0.5) is 5.95 Å². The van der Waals surface area contributed by atoms with Gasteiger partial charge in [-0.2, -0.15) is 0 Å². The molecule has 0 bridgehead atoms. The van der Waals surface area contributed by atoms with Gasteiger partial charge in [0.1, 0.15) is 0 Å². The van der Waals surface area contributed by atoms with Gasteiger partial charge in [0.05, 0.1) is 12.2 Å². The molecule has 1 fully saturated rings. The fourth-order valence-electron chi connectivity index (χ4n) is 2.46. The number of hydrogen-bond donors (Lipinski definition) is 1. The molecule has 0 aromatic carbocycles. The summed E-state index contributed by atoms with van der Waals surface area (Å²) in [5.41, 5.74) is 1.70. The highest BCUT2D eigenvalue weighted by Crippen LogP contribution is 2.17. The predicted octanol–water partition coefficient (Wildman–Crippen LogP) is 2.67. The number of carbonyl (C=O) groups is 1. The number of carbonyl (C=O) groups excluding carboxylic acids is 1. The Morgan fingerprint density at radius 1 is 1.36 bits per heavy atom. The summed E-state index contributed by atoms with van der Waals surface area (Å²) in [6.07, 6.45) is 2.35. The molecule has 1 amide bonds. The minimum atomic E-state index is -0.260. The zero-order valence-corrected chi connectivity index (χ0v) is 13.9. The topological polar surface area (TPSA) is 71.3 Å². The van der Waals surface area contributed by atoms with Gasteiger partial charge in [0, 0.05) is 18.8 Å². The van der Waals surface area contributed by atoms with Gasteiger partial charge in [-0.15, -0.1) is 0 Å². The van der Waals surface area contributed by atoms with E-state index in [2.05, 4.69) is 36.1 Å². The van der Waals surface area contributed by atoms with Gasteiger partial charge in [-0.25, -0.2) is 9.97 Å². The van der Waals surface area contributed by atoms with Crippen LogP contribution >= 0.6 is 15.9 Å². The minimum absolute atomic E-state index is 0.260. The van der Waals surface area contributed by atoms with Crippen LogP contribution < -0.4 is 10.2 Å². The lowest BCUT2D eigenvalue weighted by Crippen LogP contribution is -2.25. The Balaban J connectivity index is 1.68. The summed E-state index contributed by atoms with van der Waals surface area (Å²) in [5.74, 6) is 0.768. The van der Waals surface area contributed by atoms with Crippen molar-refractivity contribution in [3.8, 4) is 0 Å². The molecular formula is C15H17BrN4O2. The van der Waals surface area contributed by atoms with Gasteiger partial charge in [0.2, 0.25) is 5.95 Å². The maximum Gasteiger partial charge on any atom is 0.287 e. The summed E-state index contributed by atoms with van der Waals surface area (Å²) in [6, 6.07) is 5.20. The van der Waals surface area contributed by atoms with Crippen LogP contribution in [0.15, 0.2) is 27.3 Å². The van der Waals surface area contributed by atoms with Crippen LogP contribution in [0.2, 0.25) is 0 Å². The molecule has 2 aromatic rings. The van der Waals surface area contributed by atoms with Crippen molar-refractivity contribution in [1.82, 2.24) is 15.3 Å². The van der Waals surface area contributed by atoms with Crippen molar-refractivity contribution >= 4 is 27.8 Å². The second-order valence-electron chi connectivity index (χ2n) is 5.28. The third-order valence-electron chi connectivity index (χ3n) is 3.51. The fourth-order valence-corrected chi connectivity index (χ4v) is 2.77. The molecular weight excluding hydrogens is 348 g/mol. The zero-order valence-electron chi connectivity index (χ0n) is 12.3. The summed E-state index contributed by atoms with van der Waals surface area (Å²) >= 11 is 3.18. The van der Waals surface area contributed by atoms with Crippen LogP contribution in [0.25, 0.3) is 0 Å². The van der Waals surface area contributed by atoms with Gasteiger partial charge in [0.15, 0.2) is 10.4 Å². The summed E-state index contributed by atoms with van der Waals surface area (Å²) in [6.45, 7) is 4.28. The van der Waals surface area contributed by atoms with Crippen LogP contribution in [0.5, 0.6) is 0 Å². The molecule has 0 atom stereocenters. The summed E-state index contributed by atoms with van der Waals surface area (Å²) in [7, 11) is 0. The smallest absolute Gasteiger partial charge is 0.287 e. The molecule has 3 heterocycles. The number of hydrogen-bond acceptors (Lipinski definition) is 5. The number of anilines is 1. The highest BCUT2D eigenvalue weighted by atomic mass is 79.9. The summed E-state index contributed by atoms with van der Waals surface area (Å²) in [4.78, 5) is 23.2. The lowest BCUT2D eigenvalue weighted by molar-refractivity contribution is 0.0921. The van der Waals surface area contributed by atoms with E-state index >= 15 is 0 Å². The number of aromatic nitrogens is 2. The van der Waals surface area contributed by atoms with Crippen molar-refractivity contribution in [2.75, 3.05) is 18.0 Å². The lowest BCUT2D eigenvalue weighted by atomic mass is 10.3. The van der Waals surface area contributed by atoms with E-state index in [9.17, 15) is 4.79 Å².